The lowest BCUT2D eigenvalue weighted by Gasteiger charge is -2.06. The van der Waals surface area contributed by atoms with Gasteiger partial charge in [0.1, 0.15) is 0 Å². The molecule has 0 aromatic carbocycles. The van der Waals surface area contributed by atoms with Gasteiger partial charge in [-0.1, -0.05) is 142 Å². The summed E-state index contributed by atoms with van der Waals surface area (Å²) in [4.78, 5) is 0. The third kappa shape index (κ3) is 21.8. The van der Waals surface area contributed by atoms with Crippen molar-refractivity contribution >= 4 is 0 Å². The zero-order chi connectivity index (χ0) is 19.1. The monoisotopic (exact) mass is 364 g/mol. The molecule has 156 valence electrons. The second kappa shape index (κ2) is 22.8. The molecule has 0 heteroatoms. The minimum atomic E-state index is 1.29. The SMILES string of the molecule is C=C(CCCCCCCCCCC)CCCCCCCCCCCCC. The maximum atomic E-state index is 4.31. The highest BCUT2D eigenvalue weighted by molar-refractivity contribution is 4.93. The van der Waals surface area contributed by atoms with Crippen LogP contribution in [-0.4, -0.2) is 0 Å². The van der Waals surface area contributed by atoms with E-state index >= 15 is 0 Å². The van der Waals surface area contributed by atoms with E-state index in [-0.39, 0.29) is 0 Å². The molecule has 0 aliphatic carbocycles. The number of rotatable bonds is 22. The third-order valence-corrected chi connectivity index (χ3v) is 5.77. The van der Waals surface area contributed by atoms with Crippen molar-refractivity contribution in [1.29, 1.82) is 0 Å². The first-order valence-electron chi connectivity index (χ1n) is 12.5. The summed E-state index contributed by atoms with van der Waals surface area (Å²) in [6, 6.07) is 0. The molecule has 0 aliphatic rings. The van der Waals surface area contributed by atoms with Gasteiger partial charge in [0.05, 0.1) is 0 Å². The quantitative estimate of drug-likeness (QED) is 0.132. The first-order valence-corrected chi connectivity index (χ1v) is 12.5. The standard InChI is InChI=1S/C26H52/c1-4-6-8-10-12-14-15-17-19-21-23-25-26(3)24-22-20-18-16-13-11-9-7-5-2/h3-25H2,1-2H3. The van der Waals surface area contributed by atoms with Gasteiger partial charge in [0.15, 0.2) is 0 Å². The molecule has 0 unspecified atom stereocenters. The smallest absolute Gasteiger partial charge is 0.0323 e. The molecule has 0 saturated carbocycles. The van der Waals surface area contributed by atoms with Gasteiger partial charge < -0.3 is 0 Å². The molecular weight excluding hydrogens is 312 g/mol. The summed E-state index contributed by atoms with van der Waals surface area (Å²) in [5.74, 6) is 0. The van der Waals surface area contributed by atoms with Gasteiger partial charge in [0.2, 0.25) is 0 Å². The Morgan fingerprint density at radius 2 is 0.615 bits per heavy atom. The molecule has 0 N–H and O–H groups in total. The Hall–Kier alpha value is -0.260. The van der Waals surface area contributed by atoms with Crippen molar-refractivity contribution in [2.24, 2.45) is 0 Å². The molecule has 0 rings (SSSR count). The second-order valence-corrected chi connectivity index (χ2v) is 8.61. The predicted octanol–water partition coefficient (Wildman–Crippen LogP) is 10.2. The molecule has 0 aromatic rings. The summed E-state index contributed by atoms with van der Waals surface area (Å²) >= 11 is 0. The van der Waals surface area contributed by atoms with E-state index in [0.29, 0.717) is 0 Å². The molecular formula is C26H52. The Morgan fingerprint density at radius 3 is 0.885 bits per heavy atom. The highest BCUT2D eigenvalue weighted by Crippen LogP contribution is 2.17. The maximum Gasteiger partial charge on any atom is -0.0323 e. The van der Waals surface area contributed by atoms with E-state index in [1.165, 1.54) is 147 Å². The first kappa shape index (κ1) is 25.7. The average molecular weight is 365 g/mol. The zero-order valence-electron chi connectivity index (χ0n) is 18.8. The van der Waals surface area contributed by atoms with Crippen LogP contribution in [0.3, 0.4) is 0 Å². The molecule has 0 nitrogen and oxygen atoms in total. The van der Waals surface area contributed by atoms with Crippen LogP contribution < -0.4 is 0 Å². The van der Waals surface area contributed by atoms with Gasteiger partial charge in [-0.25, -0.2) is 0 Å². The highest BCUT2D eigenvalue weighted by Gasteiger charge is 1.98. The lowest BCUT2D eigenvalue weighted by atomic mass is 10.00. The Morgan fingerprint density at radius 1 is 0.385 bits per heavy atom. The molecule has 0 saturated heterocycles. The summed E-state index contributed by atoms with van der Waals surface area (Å²) in [6.45, 7) is 8.90. The summed E-state index contributed by atoms with van der Waals surface area (Å²) < 4.78 is 0. The lowest BCUT2D eigenvalue weighted by Crippen LogP contribution is -1.87. The lowest BCUT2D eigenvalue weighted by molar-refractivity contribution is 0.545. The first-order chi connectivity index (χ1) is 12.8. The van der Waals surface area contributed by atoms with E-state index in [9.17, 15) is 0 Å². The summed E-state index contributed by atoms with van der Waals surface area (Å²) in [7, 11) is 0. The van der Waals surface area contributed by atoms with Crippen LogP contribution >= 0.6 is 0 Å². The average Bonchev–Trinajstić information content (AvgIpc) is 2.64. The highest BCUT2D eigenvalue weighted by atomic mass is 14.0. The minimum absolute atomic E-state index is 1.29. The van der Waals surface area contributed by atoms with Crippen LogP contribution in [0.25, 0.3) is 0 Å². The van der Waals surface area contributed by atoms with E-state index in [1.807, 2.05) is 0 Å². The molecule has 0 radical (unpaired) electrons. The molecule has 0 spiro atoms. The van der Waals surface area contributed by atoms with Crippen LogP contribution in [0.2, 0.25) is 0 Å². The fraction of sp³-hybridized carbons (Fsp3) is 0.923. The number of allylic oxidation sites excluding steroid dienone is 1. The van der Waals surface area contributed by atoms with Crippen LogP contribution in [-0.2, 0) is 0 Å². The van der Waals surface area contributed by atoms with Gasteiger partial charge in [0.25, 0.3) is 0 Å². The number of hydrogen-bond donors (Lipinski definition) is 0. The van der Waals surface area contributed by atoms with Gasteiger partial charge in [-0.2, -0.15) is 0 Å². The van der Waals surface area contributed by atoms with Gasteiger partial charge in [-0.3, -0.25) is 0 Å². The molecule has 0 fully saturated rings. The van der Waals surface area contributed by atoms with E-state index in [4.69, 9.17) is 0 Å². The molecule has 0 heterocycles. The van der Waals surface area contributed by atoms with Gasteiger partial charge >= 0.3 is 0 Å². The number of unbranched alkanes of at least 4 members (excludes halogenated alkanes) is 18. The minimum Gasteiger partial charge on any atom is -0.0999 e. The molecule has 26 heavy (non-hydrogen) atoms. The Labute approximate surface area is 167 Å². The van der Waals surface area contributed by atoms with Crippen molar-refractivity contribution in [2.75, 3.05) is 0 Å². The normalized spacial score (nSPS) is 11.2. The third-order valence-electron chi connectivity index (χ3n) is 5.77. The van der Waals surface area contributed by atoms with Crippen LogP contribution in [0, 0.1) is 0 Å². The Kier molecular flexibility index (Phi) is 22.6. The van der Waals surface area contributed by atoms with Crippen LogP contribution in [0.4, 0.5) is 0 Å². The van der Waals surface area contributed by atoms with Gasteiger partial charge in [0, 0.05) is 0 Å². The van der Waals surface area contributed by atoms with Crippen molar-refractivity contribution in [3.8, 4) is 0 Å². The van der Waals surface area contributed by atoms with Crippen molar-refractivity contribution in [3.63, 3.8) is 0 Å². The summed E-state index contributed by atoms with van der Waals surface area (Å²) in [5, 5.41) is 0. The second-order valence-electron chi connectivity index (χ2n) is 8.61. The molecule has 0 aromatic heterocycles. The Balaban J connectivity index is 3.13. The van der Waals surface area contributed by atoms with Crippen LogP contribution in [0.15, 0.2) is 12.2 Å². The van der Waals surface area contributed by atoms with E-state index < -0.39 is 0 Å². The molecule has 0 atom stereocenters. The molecule has 0 amide bonds. The molecule has 0 bridgehead atoms. The van der Waals surface area contributed by atoms with Crippen molar-refractivity contribution in [2.45, 2.75) is 155 Å². The summed E-state index contributed by atoms with van der Waals surface area (Å²) in [6.07, 6.45) is 31.3. The van der Waals surface area contributed by atoms with Crippen molar-refractivity contribution in [3.05, 3.63) is 12.2 Å². The van der Waals surface area contributed by atoms with E-state index in [2.05, 4.69) is 20.4 Å². The van der Waals surface area contributed by atoms with E-state index in [0.717, 1.165) is 0 Å². The van der Waals surface area contributed by atoms with Crippen LogP contribution in [0.5, 0.6) is 0 Å². The molecule has 0 aliphatic heterocycles. The number of hydrogen-bond acceptors (Lipinski definition) is 0. The van der Waals surface area contributed by atoms with Crippen LogP contribution in [0.1, 0.15) is 155 Å². The summed E-state index contributed by atoms with van der Waals surface area (Å²) in [5.41, 5.74) is 1.52. The van der Waals surface area contributed by atoms with E-state index in [1.54, 1.807) is 0 Å². The van der Waals surface area contributed by atoms with Gasteiger partial charge in [-0.05, 0) is 25.7 Å². The van der Waals surface area contributed by atoms with Crippen molar-refractivity contribution in [1.82, 2.24) is 0 Å². The van der Waals surface area contributed by atoms with Crippen molar-refractivity contribution < 1.29 is 0 Å². The van der Waals surface area contributed by atoms with Gasteiger partial charge in [-0.15, -0.1) is 0 Å². The topological polar surface area (TPSA) is 0 Å². The fourth-order valence-corrected chi connectivity index (χ4v) is 3.85. The maximum absolute atomic E-state index is 4.31. The Bertz CT molecular complexity index is 265. The largest absolute Gasteiger partial charge is 0.0999 e. The zero-order valence-corrected chi connectivity index (χ0v) is 18.8. The predicted molar refractivity (Wildman–Crippen MR) is 122 cm³/mol. The fourth-order valence-electron chi connectivity index (χ4n) is 3.85.